The Labute approximate surface area is 200 Å². The number of amides is 2. The number of imide groups is 1. The Morgan fingerprint density at radius 3 is 2.50 bits per heavy atom. The van der Waals surface area contributed by atoms with Gasteiger partial charge in [0, 0.05) is 5.56 Å². The van der Waals surface area contributed by atoms with Gasteiger partial charge < -0.3 is 4.74 Å². The van der Waals surface area contributed by atoms with Gasteiger partial charge in [0.2, 0.25) is 0 Å². The Balaban J connectivity index is 1.30. The van der Waals surface area contributed by atoms with E-state index in [2.05, 4.69) is 0 Å². The van der Waals surface area contributed by atoms with Crippen LogP contribution in [0.4, 0.5) is 9.18 Å². The highest BCUT2D eigenvalue weighted by molar-refractivity contribution is 8.18. The second-order valence-electron chi connectivity index (χ2n) is 7.90. The molecular weight excluding hydrogens is 449 g/mol. The summed E-state index contributed by atoms with van der Waals surface area (Å²) >= 11 is 0.926. The molecule has 1 fully saturated rings. The van der Waals surface area contributed by atoms with Crippen LogP contribution in [0.3, 0.4) is 0 Å². The first-order valence-corrected chi connectivity index (χ1v) is 11.6. The monoisotopic (exact) mass is 469 g/mol. The number of benzene rings is 4. The van der Waals surface area contributed by atoms with Crippen molar-refractivity contribution in [1.29, 1.82) is 0 Å². The molecule has 0 bridgehead atoms. The summed E-state index contributed by atoms with van der Waals surface area (Å²) in [5.74, 6) is -0.0908. The van der Waals surface area contributed by atoms with Gasteiger partial charge in [0.15, 0.2) is 0 Å². The molecule has 168 valence electrons. The summed E-state index contributed by atoms with van der Waals surface area (Å²) < 4.78 is 19.5. The molecule has 1 aliphatic heterocycles. The normalized spacial score (nSPS) is 14.9. The molecule has 4 aromatic carbocycles. The van der Waals surface area contributed by atoms with Gasteiger partial charge in [-0.3, -0.25) is 14.5 Å². The third-order valence-corrected chi connectivity index (χ3v) is 6.44. The number of halogens is 1. The van der Waals surface area contributed by atoms with Crippen molar-refractivity contribution in [2.75, 3.05) is 0 Å². The highest BCUT2D eigenvalue weighted by Crippen LogP contribution is 2.34. The summed E-state index contributed by atoms with van der Waals surface area (Å²) in [4.78, 5) is 27.2. The van der Waals surface area contributed by atoms with E-state index in [1.807, 2.05) is 48.5 Å². The fourth-order valence-corrected chi connectivity index (χ4v) is 4.62. The van der Waals surface area contributed by atoms with Crippen LogP contribution in [0.1, 0.15) is 16.7 Å². The molecule has 0 aliphatic carbocycles. The van der Waals surface area contributed by atoms with Gasteiger partial charge >= 0.3 is 0 Å². The lowest BCUT2D eigenvalue weighted by atomic mass is 10.1. The average Bonchev–Trinajstić information content (AvgIpc) is 3.11. The van der Waals surface area contributed by atoms with E-state index in [-0.39, 0.29) is 30.1 Å². The zero-order valence-electron chi connectivity index (χ0n) is 18.1. The number of ether oxygens (including phenoxy) is 1. The Kier molecular flexibility index (Phi) is 6.14. The summed E-state index contributed by atoms with van der Waals surface area (Å²) in [7, 11) is 0. The lowest BCUT2D eigenvalue weighted by molar-refractivity contribution is -0.123. The van der Waals surface area contributed by atoms with Gasteiger partial charge in [-0.1, -0.05) is 66.7 Å². The largest absolute Gasteiger partial charge is 0.489 e. The molecule has 0 spiro atoms. The van der Waals surface area contributed by atoms with E-state index in [1.54, 1.807) is 42.5 Å². The lowest BCUT2D eigenvalue weighted by Crippen LogP contribution is -2.27. The molecule has 1 heterocycles. The van der Waals surface area contributed by atoms with Crippen LogP contribution in [0.5, 0.6) is 5.75 Å². The van der Waals surface area contributed by atoms with Gasteiger partial charge in [-0.05, 0) is 64.0 Å². The van der Waals surface area contributed by atoms with Crippen LogP contribution in [-0.4, -0.2) is 16.0 Å². The molecular formula is C28H20FNO3S. The van der Waals surface area contributed by atoms with Gasteiger partial charge in [0.05, 0.1) is 11.4 Å². The highest BCUT2D eigenvalue weighted by atomic mass is 32.2. The predicted molar refractivity (Wildman–Crippen MR) is 133 cm³/mol. The van der Waals surface area contributed by atoms with Crippen LogP contribution in [-0.2, 0) is 17.9 Å². The molecule has 2 amide bonds. The topological polar surface area (TPSA) is 46.6 Å². The summed E-state index contributed by atoms with van der Waals surface area (Å²) in [5, 5.41) is 1.88. The zero-order chi connectivity index (χ0) is 23.5. The fourth-order valence-electron chi connectivity index (χ4n) is 3.78. The van der Waals surface area contributed by atoms with E-state index in [1.165, 1.54) is 11.0 Å². The molecule has 4 nitrogen and oxygen atoms in total. The van der Waals surface area contributed by atoms with Crippen molar-refractivity contribution in [2.45, 2.75) is 13.2 Å². The van der Waals surface area contributed by atoms with Crippen molar-refractivity contribution in [3.8, 4) is 5.75 Å². The number of nitrogens with zero attached hydrogens (tertiary/aromatic N) is 1. The maximum Gasteiger partial charge on any atom is 0.293 e. The molecule has 34 heavy (non-hydrogen) atoms. The van der Waals surface area contributed by atoms with Crippen LogP contribution in [0.2, 0.25) is 0 Å². The van der Waals surface area contributed by atoms with Crippen LogP contribution in [0.15, 0.2) is 95.9 Å². The highest BCUT2D eigenvalue weighted by Gasteiger charge is 2.35. The van der Waals surface area contributed by atoms with E-state index in [4.69, 9.17) is 4.74 Å². The minimum Gasteiger partial charge on any atom is -0.489 e. The first kappa shape index (κ1) is 21.9. The molecule has 0 saturated carbocycles. The maximum absolute atomic E-state index is 13.8. The molecule has 0 unspecified atom stereocenters. The summed E-state index contributed by atoms with van der Waals surface area (Å²) in [6.07, 6.45) is 1.68. The number of rotatable bonds is 6. The van der Waals surface area contributed by atoms with Gasteiger partial charge in [-0.25, -0.2) is 4.39 Å². The number of fused-ring (bicyclic) bond motifs is 1. The number of thioether (sulfide) groups is 1. The second kappa shape index (κ2) is 9.53. The molecule has 1 aliphatic rings. The van der Waals surface area contributed by atoms with E-state index < -0.39 is 0 Å². The van der Waals surface area contributed by atoms with Gasteiger partial charge in [-0.15, -0.1) is 0 Å². The smallest absolute Gasteiger partial charge is 0.293 e. The molecule has 6 heteroatoms. The number of hydrogen-bond donors (Lipinski definition) is 0. The Morgan fingerprint density at radius 1 is 0.853 bits per heavy atom. The van der Waals surface area contributed by atoms with E-state index in [0.29, 0.717) is 16.2 Å². The SMILES string of the molecule is O=C1S/C(=C\c2cccc(OCc3ccccc3F)c2)C(=O)N1Cc1ccc2ccccc2c1. The lowest BCUT2D eigenvalue weighted by Gasteiger charge is -2.13. The van der Waals surface area contributed by atoms with E-state index in [0.717, 1.165) is 33.7 Å². The zero-order valence-corrected chi connectivity index (χ0v) is 18.9. The molecule has 4 aromatic rings. The Morgan fingerprint density at radius 2 is 1.65 bits per heavy atom. The van der Waals surface area contributed by atoms with Crippen molar-refractivity contribution >= 4 is 39.8 Å². The fraction of sp³-hybridized carbons (Fsp3) is 0.0714. The third-order valence-electron chi connectivity index (χ3n) is 5.54. The van der Waals surface area contributed by atoms with Crippen molar-refractivity contribution < 1.29 is 18.7 Å². The van der Waals surface area contributed by atoms with E-state index >= 15 is 0 Å². The molecule has 5 rings (SSSR count). The third kappa shape index (κ3) is 4.72. The van der Waals surface area contributed by atoms with Gasteiger partial charge in [-0.2, -0.15) is 0 Å². The van der Waals surface area contributed by atoms with Crippen molar-refractivity contribution in [1.82, 2.24) is 4.90 Å². The minimum absolute atomic E-state index is 0.0956. The Hall–Kier alpha value is -3.90. The van der Waals surface area contributed by atoms with E-state index in [9.17, 15) is 14.0 Å². The number of carbonyl (C=O) groups excluding carboxylic acids is 2. The summed E-state index contributed by atoms with van der Waals surface area (Å²) in [6.45, 7) is 0.316. The summed E-state index contributed by atoms with van der Waals surface area (Å²) in [6, 6.07) is 27.5. The molecule has 1 saturated heterocycles. The standard InChI is InChI=1S/C28H20FNO3S/c29-25-11-4-3-9-23(25)18-33-24-10-5-6-19(15-24)16-26-27(31)30(28(32)34-26)17-20-12-13-21-7-1-2-8-22(21)14-20/h1-16H,17-18H2/b26-16-. The Bertz CT molecular complexity index is 1430. The maximum atomic E-state index is 13.8. The van der Waals surface area contributed by atoms with Crippen LogP contribution < -0.4 is 4.74 Å². The molecule has 0 aromatic heterocycles. The second-order valence-corrected chi connectivity index (χ2v) is 8.90. The van der Waals surface area contributed by atoms with Crippen molar-refractivity contribution in [3.05, 3.63) is 118 Å². The first-order valence-electron chi connectivity index (χ1n) is 10.8. The van der Waals surface area contributed by atoms with Crippen LogP contribution >= 0.6 is 11.8 Å². The van der Waals surface area contributed by atoms with Gasteiger partial charge in [0.25, 0.3) is 11.1 Å². The predicted octanol–water partition coefficient (Wildman–Crippen LogP) is 6.79. The minimum atomic E-state index is -0.321. The van der Waals surface area contributed by atoms with Crippen LogP contribution in [0, 0.1) is 5.82 Å². The number of carbonyl (C=O) groups is 2. The first-order chi connectivity index (χ1) is 16.6. The van der Waals surface area contributed by atoms with Crippen LogP contribution in [0.25, 0.3) is 16.8 Å². The molecule has 0 N–H and O–H groups in total. The van der Waals surface area contributed by atoms with Gasteiger partial charge in [0.1, 0.15) is 18.2 Å². The molecule has 0 atom stereocenters. The number of hydrogen-bond acceptors (Lipinski definition) is 4. The van der Waals surface area contributed by atoms with Crippen molar-refractivity contribution in [2.24, 2.45) is 0 Å². The molecule has 0 radical (unpaired) electrons. The average molecular weight is 470 g/mol. The summed E-state index contributed by atoms with van der Waals surface area (Å²) in [5.41, 5.74) is 2.08. The van der Waals surface area contributed by atoms with Crippen molar-refractivity contribution in [3.63, 3.8) is 0 Å². The quantitative estimate of drug-likeness (QED) is 0.292.